The Balaban J connectivity index is 2.20. The van der Waals surface area contributed by atoms with Gasteiger partial charge in [0.1, 0.15) is 5.69 Å². The molecule has 0 aromatic carbocycles. The van der Waals surface area contributed by atoms with Gasteiger partial charge in [0.05, 0.1) is 5.69 Å². The summed E-state index contributed by atoms with van der Waals surface area (Å²) >= 11 is 0. The summed E-state index contributed by atoms with van der Waals surface area (Å²) in [6.07, 6.45) is 1.75. The molecule has 0 unspecified atom stereocenters. The Bertz CT molecular complexity index is 413. The van der Waals surface area contributed by atoms with E-state index in [1.165, 1.54) is 0 Å². The first kappa shape index (κ1) is 12.1. The molecule has 0 aliphatic carbocycles. The standard InChI is InChI=1S/C12H20N4O/c1-3-10-7-11(16(4-2)14-10)12(17)15-6-5-9(13)8-15/h7,9H,3-6,8,13H2,1-2H3/t9-/m1/s1. The van der Waals surface area contributed by atoms with E-state index in [9.17, 15) is 4.79 Å². The minimum absolute atomic E-state index is 0.0620. The van der Waals surface area contributed by atoms with E-state index in [-0.39, 0.29) is 11.9 Å². The van der Waals surface area contributed by atoms with Gasteiger partial charge in [0.2, 0.25) is 0 Å². The summed E-state index contributed by atoms with van der Waals surface area (Å²) in [4.78, 5) is 14.1. The molecule has 0 spiro atoms. The highest BCUT2D eigenvalue weighted by Crippen LogP contribution is 2.14. The third kappa shape index (κ3) is 2.34. The molecule has 1 atom stereocenters. The Hall–Kier alpha value is -1.36. The maximum Gasteiger partial charge on any atom is 0.272 e. The summed E-state index contributed by atoms with van der Waals surface area (Å²) in [6.45, 7) is 6.19. The molecular weight excluding hydrogens is 216 g/mol. The molecule has 1 fully saturated rings. The maximum absolute atomic E-state index is 12.3. The van der Waals surface area contributed by atoms with Crippen molar-refractivity contribution < 1.29 is 4.79 Å². The van der Waals surface area contributed by atoms with Gasteiger partial charge in [-0.15, -0.1) is 0 Å². The highest BCUT2D eigenvalue weighted by molar-refractivity contribution is 5.93. The molecule has 0 radical (unpaired) electrons. The van der Waals surface area contributed by atoms with Crippen molar-refractivity contribution in [3.8, 4) is 0 Å². The number of hydrogen-bond donors (Lipinski definition) is 1. The normalized spacial score (nSPS) is 19.9. The number of carbonyl (C=O) groups is 1. The highest BCUT2D eigenvalue weighted by atomic mass is 16.2. The molecule has 1 saturated heterocycles. The van der Waals surface area contributed by atoms with E-state index in [4.69, 9.17) is 5.73 Å². The zero-order chi connectivity index (χ0) is 12.4. The molecule has 2 N–H and O–H groups in total. The van der Waals surface area contributed by atoms with E-state index in [1.807, 2.05) is 24.8 Å². The number of nitrogens with two attached hydrogens (primary N) is 1. The van der Waals surface area contributed by atoms with Crippen LogP contribution in [0.15, 0.2) is 6.07 Å². The number of hydrogen-bond acceptors (Lipinski definition) is 3. The number of carbonyl (C=O) groups excluding carboxylic acids is 1. The van der Waals surface area contributed by atoms with E-state index in [0.717, 1.165) is 31.6 Å². The van der Waals surface area contributed by atoms with Crippen LogP contribution < -0.4 is 5.73 Å². The number of amides is 1. The first-order chi connectivity index (χ1) is 8.15. The van der Waals surface area contributed by atoms with Gasteiger partial charge >= 0.3 is 0 Å². The number of nitrogens with zero attached hydrogens (tertiary/aromatic N) is 3. The van der Waals surface area contributed by atoms with E-state index >= 15 is 0 Å². The molecule has 5 heteroatoms. The highest BCUT2D eigenvalue weighted by Gasteiger charge is 2.26. The van der Waals surface area contributed by atoms with Gasteiger partial charge in [-0.05, 0) is 25.8 Å². The van der Waals surface area contributed by atoms with Crippen molar-refractivity contribution in [3.63, 3.8) is 0 Å². The number of aromatic nitrogens is 2. The van der Waals surface area contributed by atoms with Crippen molar-refractivity contribution in [1.29, 1.82) is 0 Å². The molecule has 1 aromatic rings. The van der Waals surface area contributed by atoms with E-state index in [0.29, 0.717) is 12.2 Å². The van der Waals surface area contributed by atoms with Gasteiger partial charge in [0.25, 0.3) is 5.91 Å². The van der Waals surface area contributed by atoms with Crippen LogP contribution in [0.1, 0.15) is 36.5 Å². The summed E-state index contributed by atoms with van der Waals surface area (Å²) in [5.74, 6) is 0.0620. The van der Waals surface area contributed by atoms with Crippen LogP contribution >= 0.6 is 0 Å². The zero-order valence-corrected chi connectivity index (χ0v) is 10.5. The van der Waals surface area contributed by atoms with Gasteiger partial charge in [-0.25, -0.2) is 0 Å². The molecular formula is C12H20N4O. The Kier molecular flexibility index (Phi) is 3.47. The third-order valence-electron chi connectivity index (χ3n) is 3.22. The van der Waals surface area contributed by atoms with Gasteiger partial charge in [-0.3, -0.25) is 9.48 Å². The fourth-order valence-corrected chi connectivity index (χ4v) is 2.19. The Labute approximate surface area is 102 Å². The Morgan fingerprint density at radius 2 is 2.35 bits per heavy atom. The lowest BCUT2D eigenvalue weighted by Crippen LogP contribution is -2.33. The molecule has 94 valence electrons. The molecule has 2 heterocycles. The van der Waals surface area contributed by atoms with Crippen LogP contribution in [-0.4, -0.2) is 39.7 Å². The van der Waals surface area contributed by atoms with Crippen LogP contribution in [0.3, 0.4) is 0 Å². The smallest absolute Gasteiger partial charge is 0.272 e. The molecule has 5 nitrogen and oxygen atoms in total. The molecule has 0 bridgehead atoms. The molecule has 1 aliphatic heterocycles. The Morgan fingerprint density at radius 1 is 1.59 bits per heavy atom. The largest absolute Gasteiger partial charge is 0.336 e. The quantitative estimate of drug-likeness (QED) is 0.837. The van der Waals surface area contributed by atoms with Crippen LogP contribution in [0, 0.1) is 0 Å². The Morgan fingerprint density at radius 3 is 2.88 bits per heavy atom. The van der Waals surface area contributed by atoms with Gasteiger partial charge < -0.3 is 10.6 Å². The number of likely N-dealkylation sites (tertiary alicyclic amines) is 1. The first-order valence-electron chi connectivity index (χ1n) is 6.27. The molecule has 1 amide bonds. The van der Waals surface area contributed by atoms with Crippen molar-refractivity contribution in [2.75, 3.05) is 13.1 Å². The predicted molar refractivity (Wildman–Crippen MR) is 65.8 cm³/mol. The van der Waals surface area contributed by atoms with Crippen LogP contribution in [0.4, 0.5) is 0 Å². The first-order valence-corrected chi connectivity index (χ1v) is 6.27. The molecule has 1 aliphatic rings. The predicted octanol–water partition coefficient (Wildman–Crippen LogP) is 0.639. The average Bonchev–Trinajstić information content (AvgIpc) is 2.93. The van der Waals surface area contributed by atoms with Crippen molar-refractivity contribution in [2.45, 2.75) is 39.3 Å². The van der Waals surface area contributed by atoms with Crippen molar-refractivity contribution in [3.05, 3.63) is 17.5 Å². The van der Waals surface area contributed by atoms with Crippen molar-refractivity contribution in [1.82, 2.24) is 14.7 Å². The van der Waals surface area contributed by atoms with Crippen LogP contribution in [0.5, 0.6) is 0 Å². The zero-order valence-electron chi connectivity index (χ0n) is 10.5. The van der Waals surface area contributed by atoms with Crippen LogP contribution in [0.25, 0.3) is 0 Å². The summed E-state index contributed by atoms with van der Waals surface area (Å²) in [5.41, 5.74) is 7.49. The van der Waals surface area contributed by atoms with Gasteiger partial charge in [-0.2, -0.15) is 5.10 Å². The topological polar surface area (TPSA) is 64.2 Å². The SMILES string of the molecule is CCc1cc(C(=O)N2CC[C@@H](N)C2)n(CC)n1. The van der Waals surface area contributed by atoms with E-state index < -0.39 is 0 Å². The lowest BCUT2D eigenvalue weighted by atomic mass is 10.3. The van der Waals surface area contributed by atoms with Crippen LogP contribution in [-0.2, 0) is 13.0 Å². The second-order valence-electron chi connectivity index (χ2n) is 4.49. The summed E-state index contributed by atoms with van der Waals surface area (Å²) in [5, 5.41) is 4.40. The third-order valence-corrected chi connectivity index (χ3v) is 3.22. The fourth-order valence-electron chi connectivity index (χ4n) is 2.19. The monoisotopic (exact) mass is 236 g/mol. The number of aryl methyl sites for hydroxylation is 2. The van der Waals surface area contributed by atoms with E-state index in [1.54, 1.807) is 4.68 Å². The minimum Gasteiger partial charge on any atom is -0.336 e. The molecule has 17 heavy (non-hydrogen) atoms. The second-order valence-corrected chi connectivity index (χ2v) is 4.49. The van der Waals surface area contributed by atoms with Crippen molar-refractivity contribution >= 4 is 5.91 Å². The summed E-state index contributed by atoms with van der Waals surface area (Å²) in [7, 11) is 0. The lowest BCUT2D eigenvalue weighted by Gasteiger charge is -2.15. The summed E-state index contributed by atoms with van der Waals surface area (Å²) < 4.78 is 1.78. The van der Waals surface area contributed by atoms with E-state index in [2.05, 4.69) is 5.10 Å². The lowest BCUT2D eigenvalue weighted by molar-refractivity contribution is 0.0778. The van der Waals surface area contributed by atoms with Gasteiger partial charge in [0, 0.05) is 25.7 Å². The second kappa shape index (κ2) is 4.87. The molecule has 1 aromatic heterocycles. The van der Waals surface area contributed by atoms with Gasteiger partial charge in [-0.1, -0.05) is 6.92 Å². The minimum atomic E-state index is 0.0620. The fraction of sp³-hybridized carbons (Fsp3) is 0.667. The maximum atomic E-state index is 12.3. The summed E-state index contributed by atoms with van der Waals surface area (Å²) in [6, 6.07) is 2.03. The number of rotatable bonds is 3. The van der Waals surface area contributed by atoms with Crippen molar-refractivity contribution in [2.24, 2.45) is 5.73 Å². The average molecular weight is 236 g/mol. The molecule has 2 rings (SSSR count). The van der Waals surface area contributed by atoms with Gasteiger partial charge in [0.15, 0.2) is 0 Å². The molecule has 0 saturated carbocycles. The van der Waals surface area contributed by atoms with Crippen LogP contribution in [0.2, 0.25) is 0 Å².